The second-order valence-electron chi connectivity index (χ2n) is 5.13. The van der Waals surface area contributed by atoms with E-state index in [1.807, 2.05) is 12.1 Å². The molecule has 1 aliphatic heterocycles. The Morgan fingerprint density at radius 1 is 1.09 bits per heavy atom. The average molecular weight is 335 g/mol. The van der Waals surface area contributed by atoms with Crippen LogP contribution in [0.25, 0.3) is 0 Å². The molecule has 0 aliphatic carbocycles. The number of halogens is 2. The van der Waals surface area contributed by atoms with Crippen molar-refractivity contribution >= 4 is 40.8 Å². The third-order valence-electron chi connectivity index (χ3n) is 3.57. The van der Waals surface area contributed by atoms with Gasteiger partial charge in [0.15, 0.2) is 0 Å². The van der Waals surface area contributed by atoms with Crippen molar-refractivity contribution in [3.63, 3.8) is 0 Å². The Kier molecular flexibility index (Phi) is 4.14. The molecule has 1 aliphatic rings. The lowest BCUT2D eigenvalue weighted by molar-refractivity contribution is -0.122. The largest absolute Gasteiger partial charge is 0.274 e. The zero-order chi connectivity index (χ0) is 15.7. The van der Waals surface area contributed by atoms with Gasteiger partial charge < -0.3 is 0 Å². The Hall–Kier alpha value is -1.91. The molecule has 3 rings (SSSR count). The molecule has 0 saturated carbocycles. The van der Waals surface area contributed by atoms with Crippen molar-refractivity contribution in [2.45, 2.75) is 12.8 Å². The highest BCUT2D eigenvalue weighted by Gasteiger charge is 2.40. The monoisotopic (exact) mass is 334 g/mol. The van der Waals surface area contributed by atoms with E-state index in [-0.39, 0.29) is 30.0 Å². The molecule has 1 aromatic heterocycles. The fraction of sp³-hybridized carbons (Fsp3) is 0.188. The topological polar surface area (TPSA) is 50.3 Å². The van der Waals surface area contributed by atoms with Crippen LogP contribution in [0.5, 0.6) is 0 Å². The fourth-order valence-electron chi connectivity index (χ4n) is 2.52. The normalized spacial score (nSPS) is 18.1. The molecular formula is C16H12Cl2N2O2. The van der Waals surface area contributed by atoms with Gasteiger partial charge in [-0.2, -0.15) is 0 Å². The zero-order valence-corrected chi connectivity index (χ0v) is 13.0. The number of aromatic nitrogens is 1. The summed E-state index contributed by atoms with van der Waals surface area (Å²) in [5.74, 6) is -0.594. The first-order valence-corrected chi connectivity index (χ1v) is 7.53. The van der Waals surface area contributed by atoms with E-state index in [0.29, 0.717) is 16.5 Å². The van der Waals surface area contributed by atoms with Gasteiger partial charge in [-0.15, -0.1) is 0 Å². The van der Waals surface area contributed by atoms with E-state index in [9.17, 15) is 9.59 Å². The standard InChI is InChI=1S/C16H12Cl2N2O2/c17-12-3-1-10(2-4-12)7-11-8-15(21)20(16(11)22)14-9-13(18)5-6-19-14/h1-6,9,11H,7-8H2/t11-/m1/s1. The highest BCUT2D eigenvalue weighted by atomic mass is 35.5. The molecule has 2 aromatic rings. The van der Waals surface area contributed by atoms with Gasteiger partial charge in [0.2, 0.25) is 11.8 Å². The van der Waals surface area contributed by atoms with Crippen molar-refractivity contribution < 1.29 is 9.59 Å². The van der Waals surface area contributed by atoms with E-state index in [0.717, 1.165) is 10.5 Å². The first kappa shape index (κ1) is 15.0. The van der Waals surface area contributed by atoms with Crippen LogP contribution >= 0.6 is 23.2 Å². The van der Waals surface area contributed by atoms with Crippen molar-refractivity contribution in [1.82, 2.24) is 4.98 Å². The molecular weight excluding hydrogens is 323 g/mol. The van der Waals surface area contributed by atoms with Gasteiger partial charge in [0.25, 0.3) is 0 Å². The number of anilines is 1. The summed E-state index contributed by atoms with van der Waals surface area (Å²) in [5.41, 5.74) is 0.969. The molecule has 1 fully saturated rings. The van der Waals surface area contributed by atoms with Gasteiger partial charge in [-0.05, 0) is 30.2 Å². The van der Waals surface area contributed by atoms with Crippen molar-refractivity contribution in [3.8, 4) is 0 Å². The molecule has 4 nitrogen and oxygen atoms in total. The van der Waals surface area contributed by atoms with E-state index >= 15 is 0 Å². The molecule has 112 valence electrons. The van der Waals surface area contributed by atoms with Gasteiger partial charge in [0.1, 0.15) is 5.82 Å². The zero-order valence-electron chi connectivity index (χ0n) is 11.5. The molecule has 0 spiro atoms. The van der Waals surface area contributed by atoms with Crippen LogP contribution in [0.1, 0.15) is 12.0 Å². The van der Waals surface area contributed by atoms with Crippen molar-refractivity contribution in [1.29, 1.82) is 0 Å². The molecule has 6 heteroatoms. The number of rotatable bonds is 3. The van der Waals surface area contributed by atoms with Gasteiger partial charge in [-0.3, -0.25) is 9.59 Å². The van der Waals surface area contributed by atoms with Crippen LogP contribution in [-0.2, 0) is 16.0 Å². The minimum Gasteiger partial charge on any atom is -0.274 e. The maximum absolute atomic E-state index is 12.5. The quantitative estimate of drug-likeness (QED) is 0.807. The van der Waals surface area contributed by atoms with Gasteiger partial charge in [0, 0.05) is 28.7 Å². The number of carbonyl (C=O) groups excluding carboxylic acids is 2. The van der Waals surface area contributed by atoms with Crippen LogP contribution in [-0.4, -0.2) is 16.8 Å². The Balaban J connectivity index is 1.81. The Morgan fingerprint density at radius 2 is 1.82 bits per heavy atom. The Labute approximate surface area is 137 Å². The number of amides is 2. The Morgan fingerprint density at radius 3 is 2.50 bits per heavy atom. The smallest absolute Gasteiger partial charge is 0.238 e. The van der Waals surface area contributed by atoms with Crippen LogP contribution in [0.15, 0.2) is 42.6 Å². The van der Waals surface area contributed by atoms with E-state index in [1.165, 1.54) is 12.3 Å². The lowest BCUT2D eigenvalue weighted by Gasteiger charge is -2.14. The number of pyridine rings is 1. The molecule has 0 radical (unpaired) electrons. The van der Waals surface area contributed by atoms with Crippen molar-refractivity contribution in [2.75, 3.05) is 4.90 Å². The van der Waals surface area contributed by atoms with Gasteiger partial charge >= 0.3 is 0 Å². The molecule has 2 heterocycles. The van der Waals surface area contributed by atoms with Crippen molar-refractivity contribution in [3.05, 3.63) is 58.2 Å². The summed E-state index contributed by atoms with van der Waals surface area (Å²) < 4.78 is 0. The predicted molar refractivity (Wildman–Crippen MR) is 85.0 cm³/mol. The molecule has 0 N–H and O–H groups in total. The number of carbonyl (C=O) groups is 2. The number of hydrogen-bond donors (Lipinski definition) is 0. The second kappa shape index (κ2) is 6.07. The first-order chi connectivity index (χ1) is 10.5. The highest BCUT2D eigenvalue weighted by Crippen LogP contribution is 2.28. The van der Waals surface area contributed by atoms with E-state index in [2.05, 4.69) is 4.98 Å². The number of benzene rings is 1. The average Bonchev–Trinajstić information content (AvgIpc) is 2.76. The summed E-state index contributed by atoms with van der Waals surface area (Å²) in [6.45, 7) is 0. The minimum atomic E-state index is -0.380. The summed E-state index contributed by atoms with van der Waals surface area (Å²) in [4.78, 5) is 29.8. The third kappa shape index (κ3) is 2.98. The predicted octanol–water partition coefficient (Wildman–Crippen LogP) is 3.51. The minimum absolute atomic E-state index is 0.176. The van der Waals surface area contributed by atoms with Crippen LogP contribution in [0, 0.1) is 5.92 Å². The van der Waals surface area contributed by atoms with E-state index in [1.54, 1.807) is 18.2 Å². The van der Waals surface area contributed by atoms with Gasteiger partial charge in [-0.25, -0.2) is 9.88 Å². The number of imide groups is 1. The SMILES string of the molecule is O=C1C[C@@H](Cc2ccc(Cl)cc2)C(=O)N1c1cc(Cl)ccn1. The Bertz CT molecular complexity index is 731. The summed E-state index contributed by atoms with van der Waals surface area (Å²) >= 11 is 11.7. The third-order valence-corrected chi connectivity index (χ3v) is 4.06. The molecule has 0 bridgehead atoms. The van der Waals surface area contributed by atoms with Gasteiger partial charge in [0.05, 0.1) is 5.92 Å². The number of hydrogen-bond acceptors (Lipinski definition) is 3. The number of nitrogens with zero attached hydrogens (tertiary/aromatic N) is 2. The van der Waals surface area contributed by atoms with Crippen LogP contribution in [0.4, 0.5) is 5.82 Å². The lowest BCUT2D eigenvalue weighted by Crippen LogP contribution is -2.31. The second-order valence-corrected chi connectivity index (χ2v) is 6.00. The van der Waals surface area contributed by atoms with Crippen molar-refractivity contribution in [2.24, 2.45) is 5.92 Å². The molecule has 22 heavy (non-hydrogen) atoms. The van der Waals surface area contributed by atoms with Crippen LogP contribution in [0.2, 0.25) is 10.0 Å². The van der Waals surface area contributed by atoms with E-state index < -0.39 is 0 Å². The maximum atomic E-state index is 12.5. The van der Waals surface area contributed by atoms with Crippen LogP contribution in [0.3, 0.4) is 0 Å². The molecule has 1 atom stereocenters. The lowest BCUT2D eigenvalue weighted by atomic mass is 9.98. The van der Waals surface area contributed by atoms with Gasteiger partial charge in [-0.1, -0.05) is 35.3 Å². The molecule has 1 saturated heterocycles. The van der Waals surface area contributed by atoms with Crippen LogP contribution < -0.4 is 4.90 Å². The molecule has 0 unspecified atom stereocenters. The molecule has 1 aromatic carbocycles. The molecule has 2 amide bonds. The summed E-state index contributed by atoms with van der Waals surface area (Å²) in [6, 6.07) is 10.4. The summed E-state index contributed by atoms with van der Waals surface area (Å²) in [7, 11) is 0. The summed E-state index contributed by atoms with van der Waals surface area (Å²) in [5, 5.41) is 1.08. The fourth-order valence-corrected chi connectivity index (χ4v) is 2.80. The highest BCUT2D eigenvalue weighted by molar-refractivity contribution is 6.31. The first-order valence-electron chi connectivity index (χ1n) is 6.77. The van der Waals surface area contributed by atoms with E-state index in [4.69, 9.17) is 23.2 Å². The summed E-state index contributed by atoms with van der Waals surface area (Å²) in [6.07, 6.45) is 2.15. The maximum Gasteiger partial charge on any atom is 0.238 e.